The van der Waals surface area contributed by atoms with E-state index in [0.29, 0.717) is 0 Å². The monoisotopic (exact) mass is 530 g/mol. The Labute approximate surface area is 225 Å². The Morgan fingerprint density at radius 3 is 2.43 bits per heavy atom. The number of carbonyl (C=O) groups is 3. The minimum absolute atomic E-state index is 0.0106. The highest BCUT2D eigenvalue weighted by molar-refractivity contribution is 8.02. The first-order valence-electron chi connectivity index (χ1n) is 13.4. The molecule has 0 aliphatic carbocycles. The van der Waals surface area contributed by atoms with Gasteiger partial charge in [0.15, 0.2) is 0 Å². The molecule has 204 valence electrons. The number of carbonyl (C=O) groups excluding carboxylic acids is 3. The molecule has 0 radical (unpaired) electrons. The number of thioether (sulfide) groups is 1. The van der Waals surface area contributed by atoms with Crippen molar-refractivity contribution in [1.82, 2.24) is 10.2 Å². The van der Waals surface area contributed by atoms with Crippen LogP contribution >= 0.6 is 11.8 Å². The third-order valence-corrected chi connectivity index (χ3v) is 10.2. The van der Waals surface area contributed by atoms with Crippen LogP contribution in [0.5, 0.6) is 0 Å². The summed E-state index contributed by atoms with van der Waals surface area (Å²) in [5.74, 6) is -2.03. The SMILES string of the molecule is CCOC(=O)[C@@H]1[C@H]2C(=O)N([C@H](CO)c3ccccc3)C(C(=O)NC(C)(C)CC(C)(C)C)C23S[C@@H]1CC3C. The van der Waals surface area contributed by atoms with Crippen molar-refractivity contribution in [3.05, 3.63) is 35.9 Å². The van der Waals surface area contributed by atoms with Crippen molar-refractivity contribution in [2.75, 3.05) is 13.2 Å². The van der Waals surface area contributed by atoms with Gasteiger partial charge in [0.25, 0.3) is 0 Å². The second kappa shape index (κ2) is 9.92. The molecule has 0 saturated carbocycles. The lowest BCUT2D eigenvalue weighted by Crippen LogP contribution is -2.60. The number of esters is 1. The first-order chi connectivity index (χ1) is 17.3. The molecule has 37 heavy (non-hydrogen) atoms. The van der Waals surface area contributed by atoms with Gasteiger partial charge in [0, 0.05) is 10.8 Å². The summed E-state index contributed by atoms with van der Waals surface area (Å²) in [6.07, 6.45) is 1.50. The van der Waals surface area contributed by atoms with E-state index in [1.165, 1.54) is 0 Å². The molecule has 0 aromatic heterocycles. The van der Waals surface area contributed by atoms with Gasteiger partial charge in [-0.05, 0) is 50.5 Å². The Hall–Kier alpha value is -2.06. The van der Waals surface area contributed by atoms with Gasteiger partial charge in [-0.3, -0.25) is 14.4 Å². The molecule has 2 amide bonds. The van der Waals surface area contributed by atoms with E-state index in [9.17, 15) is 19.5 Å². The lowest BCUT2D eigenvalue weighted by Gasteiger charge is -2.42. The Morgan fingerprint density at radius 1 is 1.22 bits per heavy atom. The summed E-state index contributed by atoms with van der Waals surface area (Å²) in [5, 5.41) is 13.8. The predicted molar refractivity (Wildman–Crippen MR) is 145 cm³/mol. The topological polar surface area (TPSA) is 95.9 Å². The van der Waals surface area contributed by atoms with Gasteiger partial charge in [0.05, 0.1) is 35.8 Å². The molecule has 1 aromatic carbocycles. The fraction of sp³-hybridized carbons (Fsp3) is 0.690. The van der Waals surface area contributed by atoms with Crippen LogP contribution in [0.15, 0.2) is 30.3 Å². The molecule has 3 unspecified atom stereocenters. The van der Waals surface area contributed by atoms with Crippen LogP contribution in [0.1, 0.15) is 72.9 Å². The van der Waals surface area contributed by atoms with Crippen LogP contribution in [0.25, 0.3) is 0 Å². The maximum atomic E-state index is 14.3. The fourth-order valence-corrected chi connectivity index (χ4v) is 9.80. The van der Waals surface area contributed by atoms with Crippen molar-refractivity contribution in [2.45, 2.75) is 88.9 Å². The molecule has 3 fully saturated rings. The van der Waals surface area contributed by atoms with Gasteiger partial charge in [-0.2, -0.15) is 0 Å². The van der Waals surface area contributed by atoms with E-state index in [4.69, 9.17) is 4.74 Å². The van der Waals surface area contributed by atoms with E-state index in [2.05, 4.69) is 33.0 Å². The van der Waals surface area contributed by atoms with E-state index in [1.807, 2.05) is 44.2 Å². The van der Waals surface area contributed by atoms with E-state index < -0.39 is 34.2 Å². The predicted octanol–water partition coefficient (Wildman–Crippen LogP) is 3.95. The Kier molecular flexibility index (Phi) is 7.49. The van der Waals surface area contributed by atoms with E-state index in [-0.39, 0.29) is 47.6 Å². The standard InChI is InChI=1S/C29H42N2O5S/c1-8-36-26(35)21-20-14-17(2)29(37-20)22(21)25(34)31(19(15-32)18-12-10-9-11-13-18)23(29)24(33)30-28(6,7)16-27(3,4)5/h9-13,17,19-23,32H,8,14-16H2,1-7H3,(H,30,33)/t17?,19-,20-,21+,22+,23?,29?/m1/s1. The number of nitrogens with zero attached hydrogens (tertiary/aromatic N) is 1. The van der Waals surface area contributed by atoms with Gasteiger partial charge in [0.2, 0.25) is 11.8 Å². The summed E-state index contributed by atoms with van der Waals surface area (Å²) in [6.45, 7) is 14.2. The molecule has 7 nitrogen and oxygen atoms in total. The zero-order valence-corrected chi connectivity index (χ0v) is 23.9. The summed E-state index contributed by atoms with van der Waals surface area (Å²) >= 11 is 1.62. The molecule has 1 spiro atoms. The summed E-state index contributed by atoms with van der Waals surface area (Å²) < 4.78 is 4.67. The molecule has 3 aliphatic rings. The van der Waals surface area contributed by atoms with Crippen LogP contribution < -0.4 is 5.32 Å². The number of ether oxygens (including phenoxy) is 1. The number of hydrogen-bond donors (Lipinski definition) is 2. The van der Waals surface area contributed by atoms with Crippen molar-refractivity contribution in [3.8, 4) is 0 Å². The molecule has 7 atom stereocenters. The molecule has 3 heterocycles. The molecule has 4 rings (SSSR count). The molecule has 8 heteroatoms. The second-order valence-corrected chi connectivity index (χ2v) is 14.3. The van der Waals surface area contributed by atoms with Crippen molar-refractivity contribution in [1.29, 1.82) is 0 Å². The molecule has 3 aliphatic heterocycles. The van der Waals surface area contributed by atoms with Crippen LogP contribution in [-0.4, -0.2) is 62.6 Å². The Balaban J connectivity index is 1.81. The number of aliphatic hydroxyl groups is 1. The van der Waals surface area contributed by atoms with E-state index >= 15 is 0 Å². The summed E-state index contributed by atoms with van der Waals surface area (Å²) in [6, 6.07) is 7.85. The van der Waals surface area contributed by atoms with Crippen molar-refractivity contribution in [2.24, 2.45) is 23.2 Å². The summed E-state index contributed by atoms with van der Waals surface area (Å²) in [4.78, 5) is 43.4. The van der Waals surface area contributed by atoms with Crippen molar-refractivity contribution >= 4 is 29.5 Å². The number of fused-ring (bicyclic) bond motifs is 1. The normalized spacial score (nSPS) is 31.8. The number of nitrogens with one attached hydrogen (secondary N) is 1. The number of benzene rings is 1. The number of likely N-dealkylation sites (tertiary alicyclic amines) is 1. The first-order valence-corrected chi connectivity index (χ1v) is 14.3. The van der Waals surface area contributed by atoms with E-state index in [0.717, 1.165) is 18.4 Å². The van der Waals surface area contributed by atoms with Crippen LogP contribution in [0.3, 0.4) is 0 Å². The molecular formula is C29H42N2O5S. The smallest absolute Gasteiger partial charge is 0.310 e. The zero-order chi connectivity index (χ0) is 27.3. The quantitative estimate of drug-likeness (QED) is 0.494. The minimum atomic E-state index is -0.814. The van der Waals surface area contributed by atoms with Crippen molar-refractivity contribution in [3.63, 3.8) is 0 Å². The summed E-state index contributed by atoms with van der Waals surface area (Å²) in [7, 11) is 0. The summed E-state index contributed by atoms with van der Waals surface area (Å²) in [5.41, 5.74) is 0.246. The highest BCUT2D eigenvalue weighted by Gasteiger charge is 2.77. The maximum absolute atomic E-state index is 14.3. The number of amides is 2. The van der Waals surface area contributed by atoms with Gasteiger partial charge >= 0.3 is 5.97 Å². The fourth-order valence-electron chi connectivity index (χ4n) is 7.40. The Bertz CT molecular complexity index is 1040. The van der Waals surface area contributed by atoms with Crippen molar-refractivity contribution < 1.29 is 24.2 Å². The van der Waals surface area contributed by atoms with Gasteiger partial charge in [-0.1, -0.05) is 58.0 Å². The van der Waals surface area contributed by atoms with Gasteiger partial charge < -0.3 is 20.1 Å². The Morgan fingerprint density at radius 2 is 1.86 bits per heavy atom. The highest BCUT2D eigenvalue weighted by Crippen LogP contribution is 2.69. The van der Waals surface area contributed by atoms with Gasteiger partial charge in [-0.25, -0.2) is 0 Å². The van der Waals surface area contributed by atoms with Gasteiger partial charge in [-0.15, -0.1) is 11.8 Å². The zero-order valence-electron chi connectivity index (χ0n) is 23.1. The molecule has 2 bridgehead atoms. The number of rotatable bonds is 8. The van der Waals surface area contributed by atoms with Crippen LogP contribution in [0, 0.1) is 23.2 Å². The second-order valence-electron chi connectivity index (χ2n) is 12.8. The minimum Gasteiger partial charge on any atom is -0.466 e. The molecular weight excluding hydrogens is 488 g/mol. The molecule has 1 aromatic rings. The van der Waals surface area contributed by atoms with Crippen LogP contribution in [-0.2, 0) is 19.1 Å². The van der Waals surface area contributed by atoms with Gasteiger partial charge in [0.1, 0.15) is 6.04 Å². The lowest BCUT2D eigenvalue weighted by molar-refractivity contribution is -0.154. The molecule has 2 N–H and O–H groups in total. The largest absolute Gasteiger partial charge is 0.466 e. The lowest BCUT2D eigenvalue weighted by atomic mass is 9.66. The average molecular weight is 531 g/mol. The number of hydrogen-bond acceptors (Lipinski definition) is 6. The maximum Gasteiger partial charge on any atom is 0.310 e. The van der Waals surface area contributed by atoms with E-state index in [1.54, 1.807) is 23.6 Å². The molecule has 3 saturated heterocycles. The highest BCUT2D eigenvalue weighted by atomic mass is 32.2. The first kappa shape index (κ1) is 28.0. The van der Waals surface area contributed by atoms with Crippen LogP contribution in [0.4, 0.5) is 0 Å². The van der Waals surface area contributed by atoms with Crippen LogP contribution in [0.2, 0.25) is 0 Å². The number of aliphatic hydroxyl groups excluding tert-OH is 1. The third kappa shape index (κ3) is 4.80. The third-order valence-electron chi connectivity index (χ3n) is 8.12. The average Bonchev–Trinajstić information content (AvgIpc) is 3.37.